The van der Waals surface area contributed by atoms with Crippen molar-refractivity contribution in [3.63, 3.8) is 0 Å². The molecule has 5 rings (SSSR count). The van der Waals surface area contributed by atoms with E-state index in [-0.39, 0.29) is 17.7 Å². The Bertz CT molecular complexity index is 1270. The maximum absolute atomic E-state index is 13.5. The summed E-state index contributed by atoms with van der Waals surface area (Å²) in [4.78, 5) is 15.2. The fourth-order valence-electron chi connectivity index (χ4n) is 4.08. The first-order valence-electron chi connectivity index (χ1n) is 10.9. The summed E-state index contributed by atoms with van der Waals surface area (Å²) in [7, 11) is 0. The van der Waals surface area contributed by atoms with E-state index in [1.54, 1.807) is 34.7 Å². The van der Waals surface area contributed by atoms with Crippen LogP contribution in [-0.2, 0) is 0 Å². The lowest BCUT2D eigenvalue weighted by atomic mass is 10.0. The molecular formula is C24H24N6O3. The van der Waals surface area contributed by atoms with E-state index in [0.717, 1.165) is 37.2 Å². The minimum atomic E-state index is -0.182. The van der Waals surface area contributed by atoms with Gasteiger partial charge in [0.25, 0.3) is 5.91 Å². The minimum Gasteiger partial charge on any atom is -0.508 e. The zero-order valence-electron chi connectivity index (χ0n) is 18.2. The summed E-state index contributed by atoms with van der Waals surface area (Å²) < 4.78 is 7.27. The van der Waals surface area contributed by atoms with E-state index in [1.807, 2.05) is 36.5 Å². The molecule has 1 aliphatic rings. The fraction of sp³-hybridized carbons (Fsp3) is 0.250. The molecule has 1 aliphatic heterocycles. The van der Waals surface area contributed by atoms with Crippen molar-refractivity contribution in [3.8, 4) is 22.9 Å². The number of phenols is 1. The highest BCUT2D eigenvalue weighted by molar-refractivity contribution is 6.06. The van der Waals surface area contributed by atoms with Gasteiger partial charge in [-0.05, 0) is 62.3 Å². The van der Waals surface area contributed by atoms with Crippen LogP contribution in [0.4, 0.5) is 5.82 Å². The summed E-state index contributed by atoms with van der Waals surface area (Å²) in [5, 5.41) is 25.9. The van der Waals surface area contributed by atoms with Crippen molar-refractivity contribution < 1.29 is 14.3 Å². The van der Waals surface area contributed by atoms with Gasteiger partial charge in [0.2, 0.25) is 11.8 Å². The molecule has 9 nitrogen and oxygen atoms in total. The van der Waals surface area contributed by atoms with Gasteiger partial charge in [-0.3, -0.25) is 9.69 Å². The van der Waals surface area contributed by atoms with E-state index in [1.165, 1.54) is 6.07 Å². The Labute approximate surface area is 190 Å². The molecule has 9 heteroatoms. The van der Waals surface area contributed by atoms with E-state index in [4.69, 9.17) is 9.52 Å². The Morgan fingerprint density at radius 1 is 1.12 bits per heavy atom. The third-order valence-electron chi connectivity index (χ3n) is 5.69. The van der Waals surface area contributed by atoms with Crippen LogP contribution in [0.25, 0.3) is 17.1 Å². The number of nitrogens with zero attached hydrogens (tertiary/aromatic N) is 5. The van der Waals surface area contributed by atoms with Gasteiger partial charge in [0, 0.05) is 36.4 Å². The number of anilines is 1. The molecule has 1 amide bonds. The van der Waals surface area contributed by atoms with Crippen molar-refractivity contribution in [1.29, 1.82) is 0 Å². The maximum atomic E-state index is 13.5. The third kappa shape index (κ3) is 4.35. The number of aromatic nitrogens is 4. The highest BCUT2D eigenvalue weighted by Crippen LogP contribution is 2.26. The number of hydrogen-bond donors (Lipinski definition) is 2. The molecule has 3 heterocycles. The van der Waals surface area contributed by atoms with Gasteiger partial charge < -0.3 is 14.8 Å². The topological polar surface area (TPSA) is 109 Å². The van der Waals surface area contributed by atoms with E-state index in [9.17, 15) is 9.90 Å². The number of carbonyl (C=O) groups excluding carboxylic acids is 1. The molecular weight excluding hydrogens is 420 g/mol. The van der Waals surface area contributed by atoms with Gasteiger partial charge in [0.05, 0.1) is 5.69 Å². The van der Waals surface area contributed by atoms with E-state index >= 15 is 0 Å². The molecule has 0 unspecified atom stereocenters. The van der Waals surface area contributed by atoms with Crippen molar-refractivity contribution in [2.45, 2.75) is 25.8 Å². The number of nitrogens with one attached hydrogen (secondary N) is 1. The molecule has 2 aromatic carbocycles. The number of aryl methyl sites for hydroxylation is 1. The van der Waals surface area contributed by atoms with E-state index in [2.05, 4.69) is 15.5 Å². The van der Waals surface area contributed by atoms with Crippen LogP contribution in [0.15, 0.2) is 65.2 Å². The smallest absolute Gasteiger partial charge is 0.259 e. The lowest BCUT2D eigenvalue weighted by Crippen LogP contribution is -2.46. The number of rotatable bonds is 5. The van der Waals surface area contributed by atoms with Crippen LogP contribution in [0.5, 0.6) is 5.75 Å². The standard InChI is InChI=1S/C24H24N6O3/c1-16-26-27-23(33-16)17-4-2-6-20(14-17)29-13-10-22(28-29)30(19-8-11-25-12-9-19)24(32)18-5-3-7-21(31)15-18/h2-7,10,13-15,19,25,31H,8-9,11-12H2,1H3. The largest absolute Gasteiger partial charge is 0.508 e. The van der Waals surface area contributed by atoms with Crippen LogP contribution in [0, 0.1) is 6.92 Å². The highest BCUT2D eigenvalue weighted by atomic mass is 16.4. The first-order chi connectivity index (χ1) is 16.1. The fourth-order valence-corrected chi connectivity index (χ4v) is 4.08. The molecule has 2 N–H and O–H groups in total. The summed E-state index contributed by atoms with van der Waals surface area (Å²) in [5.41, 5.74) is 2.03. The predicted molar refractivity (Wildman–Crippen MR) is 122 cm³/mol. The molecule has 1 fully saturated rings. The van der Waals surface area contributed by atoms with Crippen LogP contribution in [0.3, 0.4) is 0 Å². The monoisotopic (exact) mass is 444 g/mol. The van der Waals surface area contributed by atoms with E-state index < -0.39 is 0 Å². The molecule has 0 atom stereocenters. The van der Waals surface area contributed by atoms with Crippen LogP contribution in [0.1, 0.15) is 29.1 Å². The van der Waals surface area contributed by atoms with Gasteiger partial charge in [0.15, 0.2) is 5.82 Å². The summed E-state index contributed by atoms with van der Waals surface area (Å²) in [6.45, 7) is 3.42. The van der Waals surface area contributed by atoms with Crippen molar-refractivity contribution in [3.05, 3.63) is 72.2 Å². The Morgan fingerprint density at radius 2 is 1.94 bits per heavy atom. The number of amides is 1. The van der Waals surface area contributed by atoms with Gasteiger partial charge >= 0.3 is 0 Å². The van der Waals surface area contributed by atoms with E-state index in [0.29, 0.717) is 23.2 Å². The lowest BCUT2D eigenvalue weighted by Gasteiger charge is -2.33. The average Bonchev–Trinajstić information content (AvgIpc) is 3.50. The molecule has 0 bridgehead atoms. The lowest BCUT2D eigenvalue weighted by molar-refractivity contribution is 0.0970. The number of piperidine rings is 1. The van der Waals surface area contributed by atoms with Crippen molar-refractivity contribution in [2.75, 3.05) is 18.0 Å². The molecule has 0 saturated carbocycles. The number of phenolic OH excluding ortho intramolecular Hbond substituents is 1. The van der Waals surface area contributed by atoms with Crippen molar-refractivity contribution in [2.24, 2.45) is 0 Å². The molecule has 0 aliphatic carbocycles. The maximum Gasteiger partial charge on any atom is 0.259 e. The molecule has 1 saturated heterocycles. The quantitative estimate of drug-likeness (QED) is 0.486. The Hall–Kier alpha value is -3.98. The molecule has 2 aromatic heterocycles. The van der Waals surface area contributed by atoms with Gasteiger partial charge in [-0.15, -0.1) is 15.3 Å². The van der Waals surface area contributed by atoms with Gasteiger partial charge in [-0.1, -0.05) is 12.1 Å². The first kappa shape index (κ1) is 20.9. The van der Waals surface area contributed by atoms with Gasteiger partial charge in [-0.25, -0.2) is 4.68 Å². The minimum absolute atomic E-state index is 0.0113. The van der Waals surface area contributed by atoms with Crippen molar-refractivity contribution in [1.82, 2.24) is 25.3 Å². The van der Waals surface area contributed by atoms with Crippen LogP contribution < -0.4 is 10.2 Å². The zero-order valence-corrected chi connectivity index (χ0v) is 18.2. The van der Waals surface area contributed by atoms with Crippen LogP contribution >= 0.6 is 0 Å². The Morgan fingerprint density at radius 3 is 2.70 bits per heavy atom. The number of carbonyl (C=O) groups is 1. The molecule has 168 valence electrons. The first-order valence-corrected chi connectivity index (χ1v) is 10.9. The molecule has 0 spiro atoms. The number of benzene rings is 2. The predicted octanol–water partition coefficient (Wildman–Crippen LogP) is 3.34. The summed E-state index contributed by atoms with van der Waals surface area (Å²) >= 11 is 0. The Balaban J connectivity index is 1.49. The normalized spacial score (nSPS) is 14.3. The third-order valence-corrected chi connectivity index (χ3v) is 5.69. The average molecular weight is 444 g/mol. The Kier molecular flexibility index (Phi) is 5.62. The number of hydrogen-bond acceptors (Lipinski definition) is 7. The summed E-state index contributed by atoms with van der Waals surface area (Å²) in [5.74, 6) is 1.38. The zero-order chi connectivity index (χ0) is 22.8. The second kappa shape index (κ2) is 8.87. The highest BCUT2D eigenvalue weighted by Gasteiger charge is 2.29. The second-order valence-electron chi connectivity index (χ2n) is 8.00. The molecule has 33 heavy (non-hydrogen) atoms. The van der Waals surface area contributed by atoms with Crippen LogP contribution in [-0.4, -0.2) is 50.1 Å². The summed E-state index contributed by atoms with van der Waals surface area (Å²) in [6, 6.07) is 15.9. The molecule has 0 radical (unpaired) electrons. The van der Waals surface area contributed by atoms with Crippen LogP contribution in [0.2, 0.25) is 0 Å². The second-order valence-corrected chi connectivity index (χ2v) is 8.00. The number of aromatic hydroxyl groups is 1. The summed E-state index contributed by atoms with van der Waals surface area (Å²) in [6.07, 6.45) is 3.48. The SMILES string of the molecule is Cc1nnc(-c2cccc(-n3ccc(N(C(=O)c4cccc(O)c4)C4CCNCC4)n3)c2)o1. The van der Waals surface area contributed by atoms with Gasteiger partial charge in [-0.2, -0.15) is 0 Å². The van der Waals surface area contributed by atoms with Gasteiger partial charge in [0.1, 0.15) is 5.75 Å². The van der Waals surface area contributed by atoms with Crippen molar-refractivity contribution >= 4 is 11.7 Å². The molecule has 4 aromatic rings.